The molecule has 0 saturated heterocycles. The molecule has 16 heavy (non-hydrogen) atoms. The van der Waals surface area contributed by atoms with E-state index in [1.807, 2.05) is 0 Å². The summed E-state index contributed by atoms with van der Waals surface area (Å²) < 4.78 is 38.1. The maximum Gasteiger partial charge on any atom is 0.303 e. The van der Waals surface area contributed by atoms with Crippen molar-refractivity contribution in [2.75, 3.05) is 0 Å². The number of aryl methyl sites for hydroxylation is 2. The summed E-state index contributed by atoms with van der Waals surface area (Å²) in [5, 5.41) is 8.44. The second kappa shape index (κ2) is 5.01. The lowest BCUT2D eigenvalue weighted by atomic mass is 10.0. The van der Waals surface area contributed by atoms with Crippen molar-refractivity contribution in [3.8, 4) is 0 Å². The molecule has 0 saturated carbocycles. The third-order valence-corrected chi connectivity index (χ3v) is 2.24. The van der Waals surface area contributed by atoms with Crippen molar-refractivity contribution in [3.05, 3.63) is 34.6 Å². The van der Waals surface area contributed by atoms with Crippen molar-refractivity contribution in [2.24, 2.45) is 0 Å². The van der Waals surface area contributed by atoms with Crippen LogP contribution in [0.1, 0.15) is 29.5 Å². The summed E-state index contributed by atoms with van der Waals surface area (Å²) in [6.07, 6.45) is -2.86. The molecule has 1 rings (SSSR count). The maximum absolute atomic E-state index is 13.3. The zero-order valence-electron chi connectivity index (χ0n) is 8.64. The van der Waals surface area contributed by atoms with E-state index in [-0.39, 0.29) is 18.4 Å². The fourth-order valence-corrected chi connectivity index (χ4v) is 1.50. The Balaban J connectivity index is 2.96. The number of hydrogen-bond acceptors (Lipinski definition) is 1. The first-order valence-electron chi connectivity index (χ1n) is 4.70. The van der Waals surface area contributed by atoms with Gasteiger partial charge in [-0.25, -0.2) is 13.2 Å². The molecule has 0 spiro atoms. The minimum atomic E-state index is -2.85. The summed E-state index contributed by atoms with van der Waals surface area (Å²) in [4.78, 5) is 10.3. The van der Waals surface area contributed by atoms with Crippen molar-refractivity contribution in [2.45, 2.75) is 26.2 Å². The monoisotopic (exact) mass is 232 g/mol. The highest BCUT2D eigenvalue weighted by atomic mass is 19.3. The molecule has 1 aromatic rings. The van der Waals surface area contributed by atoms with Crippen LogP contribution < -0.4 is 0 Å². The maximum atomic E-state index is 13.3. The summed E-state index contributed by atoms with van der Waals surface area (Å²) in [5.41, 5.74) is -0.0451. The van der Waals surface area contributed by atoms with Gasteiger partial charge in [0.25, 0.3) is 6.43 Å². The predicted molar refractivity (Wildman–Crippen MR) is 52.1 cm³/mol. The third-order valence-electron chi connectivity index (χ3n) is 2.24. The van der Waals surface area contributed by atoms with Gasteiger partial charge in [-0.15, -0.1) is 0 Å². The van der Waals surface area contributed by atoms with Gasteiger partial charge in [0.1, 0.15) is 5.82 Å². The smallest absolute Gasteiger partial charge is 0.303 e. The number of benzene rings is 1. The molecule has 0 aliphatic carbocycles. The van der Waals surface area contributed by atoms with Crippen LogP contribution in [0.25, 0.3) is 0 Å². The number of aliphatic carboxylic acids is 1. The molecule has 0 unspecified atom stereocenters. The molecule has 0 atom stereocenters. The Morgan fingerprint density at radius 3 is 2.50 bits per heavy atom. The summed E-state index contributed by atoms with van der Waals surface area (Å²) in [6.45, 7) is 1.38. The molecule has 1 aromatic carbocycles. The fourth-order valence-electron chi connectivity index (χ4n) is 1.50. The number of halogens is 3. The van der Waals surface area contributed by atoms with Gasteiger partial charge in [0.15, 0.2) is 0 Å². The van der Waals surface area contributed by atoms with Gasteiger partial charge in [0.05, 0.1) is 5.56 Å². The average molecular weight is 232 g/mol. The third kappa shape index (κ3) is 2.98. The lowest BCUT2D eigenvalue weighted by molar-refractivity contribution is -0.136. The molecule has 0 aliphatic rings. The van der Waals surface area contributed by atoms with Crippen LogP contribution in [0, 0.1) is 12.7 Å². The second-order valence-electron chi connectivity index (χ2n) is 3.50. The van der Waals surface area contributed by atoms with Crippen LogP contribution in [0.4, 0.5) is 13.2 Å². The van der Waals surface area contributed by atoms with Gasteiger partial charge < -0.3 is 5.11 Å². The Morgan fingerprint density at radius 2 is 2.06 bits per heavy atom. The molecule has 0 fully saturated rings. The van der Waals surface area contributed by atoms with E-state index in [4.69, 9.17) is 5.11 Å². The summed E-state index contributed by atoms with van der Waals surface area (Å²) in [7, 11) is 0. The van der Waals surface area contributed by atoms with E-state index in [0.29, 0.717) is 5.56 Å². The average Bonchev–Trinajstić information content (AvgIpc) is 2.12. The van der Waals surface area contributed by atoms with E-state index < -0.39 is 23.8 Å². The van der Waals surface area contributed by atoms with Gasteiger partial charge in [-0.2, -0.15) is 0 Å². The van der Waals surface area contributed by atoms with Crippen molar-refractivity contribution in [1.82, 2.24) is 0 Å². The van der Waals surface area contributed by atoms with Gasteiger partial charge in [0, 0.05) is 6.42 Å². The first-order valence-corrected chi connectivity index (χ1v) is 4.70. The normalized spacial score (nSPS) is 10.8. The molecule has 88 valence electrons. The zero-order chi connectivity index (χ0) is 12.3. The van der Waals surface area contributed by atoms with Crippen LogP contribution >= 0.6 is 0 Å². The van der Waals surface area contributed by atoms with E-state index in [1.165, 1.54) is 13.0 Å². The van der Waals surface area contributed by atoms with E-state index in [0.717, 1.165) is 6.07 Å². The van der Waals surface area contributed by atoms with Crippen LogP contribution in [0.2, 0.25) is 0 Å². The van der Waals surface area contributed by atoms with Crippen molar-refractivity contribution in [1.29, 1.82) is 0 Å². The molecule has 0 amide bonds. The second-order valence-corrected chi connectivity index (χ2v) is 3.50. The Morgan fingerprint density at radius 1 is 1.44 bits per heavy atom. The molecular weight excluding hydrogens is 221 g/mol. The molecule has 5 heteroatoms. The van der Waals surface area contributed by atoms with E-state index in [2.05, 4.69) is 0 Å². The van der Waals surface area contributed by atoms with Gasteiger partial charge >= 0.3 is 5.97 Å². The highest BCUT2D eigenvalue weighted by Gasteiger charge is 2.17. The Kier molecular flexibility index (Phi) is 3.93. The predicted octanol–water partition coefficient (Wildman–Crippen LogP) is 3.09. The largest absolute Gasteiger partial charge is 0.481 e. The van der Waals surface area contributed by atoms with Crippen molar-refractivity contribution >= 4 is 5.97 Å². The van der Waals surface area contributed by atoms with Crippen LogP contribution in [0.5, 0.6) is 0 Å². The Labute approximate surface area is 90.7 Å². The lowest BCUT2D eigenvalue weighted by Gasteiger charge is -2.08. The molecular formula is C11H11F3O2. The summed E-state index contributed by atoms with van der Waals surface area (Å²) in [6, 6.07) is 2.37. The quantitative estimate of drug-likeness (QED) is 0.866. The topological polar surface area (TPSA) is 37.3 Å². The van der Waals surface area contributed by atoms with E-state index in [9.17, 15) is 18.0 Å². The van der Waals surface area contributed by atoms with Crippen LogP contribution in [-0.4, -0.2) is 11.1 Å². The number of alkyl halides is 2. The van der Waals surface area contributed by atoms with Crippen LogP contribution in [0.3, 0.4) is 0 Å². The number of rotatable bonds is 4. The van der Waals surface area contributed by atoms with Crippen molar-refractivity contribution < 1.29 is 23.1 Å². The minimum absolute atomic E-state index is 0.136. The molecule has 0 heterocycles. The highest BCUT2D eigenvalue weighted by molar-refractivity contribution is 5.67. The van der Waals surface area contributed by atoms with E-state index in [1.54, 1.807) is 0 Å². The zero-order valence-corrected chi connectivity index (χ0v) is 8.64. The van der Waals surface area contributed by atoms with Gasteiger partial charge in [-0.05, 0) is 30.5 Å². The Hall–Kier alpha value is -1.52. The van der Waals surface area contributed by atoms with Crippen LogP contribution in [0.15, 0.2) is 12.1 Å². The van der Waals surface area contributed by atoms with Crippen LogP contribution in [-0.2, 0) is 11.2 Å². The minimum Gasteiger partial charge on any atom is -0.481 e. The fraction of sp³-hybridized carbons (Fsp3) is 0.364. The van der Waals surface area contributed by atoms with Gasteiger partial charge in [-0.1, -0.05) is 6.07 Å². The molecule has 0 aromatic heterocycles. The SMILES string of the molecule is Cc1cc(CCC(=O)O)cc(F)c1C(F)F. The van der Waals surface area contributed by atoms with Gasteiger partial charge in [0.2, 0.25) is 0 Å². The molecule has 2 nitrogen and oxygen atoms in total. The number of carbonyl (C=O) groups is 1. The first kappa shape index (κ1) is 12.5. The first-order chi connectivity index (χ1) is 7.41. The Bertz CT molecular complexity index is 379. The van der Waals surface area contributed by atoms with Crippen molar-refractivity contribution in [3.63, 3.8) is 0 Å². The molecule has 0 bridgehead atoms. The number of carboxylic acids is 1. The summed E-state index contributed by atoms with van der Waals surface area (Å²) in [5.74, 6) is -1.98. The lowest BCUT2D eigenvalue weighted by Crippen LogP contribution is -2.01. The van der Waals surface area contributed by atoms with E-state index >= 15 is 0 Å². The highest BCUT2D eigenvalue weighted by Crippen LogP contribution is 2.27. The molecule has 0 aliphatic heterocycles. The van der Waals surface area contributed by atoms with Gasteiger partial charge in [-0.3, -0.25) is 4.79 Å². The molecule has 1 N–H and O–H groups in total. The standard InChI is InChI=1S/C11H11F3O2/c1-6-4-7(2-3-9(15)16)5-8(12)10(6)11(13)14/h4-5,11H,2-3H2,1H3,(H,15,16). The summed E-state index contributed by atoms with van der Waals surface area (Å²) >= 11 is 0. The molecule has 0 radical (unpaired) electrons. The number of carboxylic acid groups (broad SMARTS) is 1. The number of hydrogen-bond donors (Lipinski definition) is 1.